The summed E-state index contributed by atoms with van der Waals surface area (Å²) in [7, 11) is 0. The van der Waals surface area contributed by atoms with Gasteiger partial charge in [0.05, 0.1) is 11.0 Å². The van der Waals surface area contributed by atoms with Gasteiger partial charge in [-0.2, -0.15) is 0 Å². The number of rotatable bonds is 3. The molecule has 1 unspecified atom stereocenters. The van der Waals surface area contributed by atoms with Gasteiger partial charge in [0.25, 0.3) is 0 Å². The normalized spacial score (nSPS) is 25.0. The van der Waals surface area contributed by atoms with Gasteiger partial charge in [0, 0.05) is 0 Å². The lowest BCUT2D eigenvalue weighted by Crippen LogP contribution is -1.79. The van der Waals surface area contributed by atoms with Gasteiger partial charge in [0.2, 0.25) is 0 Å². The molecule has 0 aromatic rings. The number of allylic oxidation sites excluding steroid dienone is 2. The highest BCUT2D eigenvalue weighted by molar-refractivity contribution is 6.33. The molecular formula is C7H10ClF. The summed E-state index contributed by atoms with van der Waals surface area (Å²) < 4.78 is 12.2. The average Bonchev–Trinajstić information content (AvgIpc) is 2.39. The van der Waals surface area contributed by atoms with E-state index in [2.05, 4.69) is 6.92 Å². The summed E-state index contributed by atoms with van der Waals surface area (Å²) in [6.45, 7) is 2.09. The van der Waals surface area contributed by atoms with E-state index in [1.54, 1.807) is 0 Å². The Balaban J connectivity index is 2.08. The van der Waals surface area contributed by atoms with Crippen molar-refractivity contribution in [2.75, 3.05) is 0 Å². The first-order valence-electron chi connectivity index (χ1n) is 3.32. The highest BCUT2D eigenvalue weighted by Gasteiger charge is 2.35. The van der Waals surface area contributed by atoms with Crippen LogP contribution in [0.1, 0.15) is 26.2 Å². The Morgan fingerprint density at radius 1 is 1.67 bits per heavy atom. The van der Waals surface area contributed by atoms with Gasteiger partial charge in [-0.1, -0.05) is 31.4 Å². The highest BCUT2D eigenvalue weighted by atomic mass is 35.5. The summed E-state index contributed by atoms with van der Waals surface area (Å²) in [6, 6.07) is 0. The van der Waals surface area contributed by atoms with Crippen molar-refractivity contribution in [2.45, 2.75) is 26.2 Å². The van der Waals surface area contributed by atoms with E-state index in [-0.39, 0.29) is 11.7 Å². The molecule has 1 atom stereocenters. The van der Waals surface area contributed by atoms with Crippen LogP contribution in [0.4, 0.5) is 4.39 Å². The fourth-order valence-electron chi connectivity index (χ4n) is 0.873. The summed E-state index contributed by atoms with van der Waals surface area (Å²) in [6.07, 6.45) is 3.10. The second kappa shape index (κ2) is 2.70. The number of hydrogen-bond donors (Lipinski definition) is 0. The first-order valence-corrected chi connectivity index (χ1v) is 3.70. The van der Waals surface area contributed by atoms with Crippen LogP contribution >= 0.6 is 11.6 Å². The lowest BCUT2D eigenvalue weighted by molar-refractivity contribution is 0.570. The standard InChI is InChI=1S/C7H10ClF/c1-2-3-4-5-6(8)7(5)9/h5H,2-4H2,1H3. The van der Waals surface area contributed by atoms with E-state index < -0.39 is 0 Å². The van der Waals surface area contributed by atoms with Crippen LogP contribution in [0, 0.1) is 5.92 Å². The van der Waals surface area contributed by atoms with Crippen molar-refractivity contribution in [3.05, 3.63) is 10.9 Å². The first kappa shape index (κ1) is 7.07. The van der Waals surface area contributed by atoms with Crippen LogP contribution in [-0.2, 0) is 0 Å². The van der Waals surface area contributed by atoms with E-state index in [0.717, 1.165) is 19.3 Å². The number of hydrogen-bond acceptors (Lipinski definition) is 0. The molecule has 1 rings (SSSR count). The molecule has 0 aromatic heterocycles. The lowest BCUT2D eigenvalue weighted by atomic mass is 10.2. The van der Waals surface area contributed by atoms with Crippen LogP contribution in [0.15, 0.2) is 10.9 Å². The molecule has 0 nitrogen and oxygen atoms in total. The predicted octanol–water partition coefficient (Wildman–Crippen LogP) is 3.23. The molecule has 0 fully saturated rings. The van der Waals surface area contributed by atoms with E-state index in [1.807, 2.05) is 0 Å². The van der Waals surface area contributed by atoms with Crippen molar-refractivity contribution in [2.24, 2.45) is 5.92 Å². The SMILES string of the molecule is CCCCC1C(F)=C1Cl. The maximum absolute atomic E-state index is 12.2. The minimum Gasteiger partial charge on any atom is -0.210 e. The molecular weight excluding hydrogens is 139 g/mol. The van der Waals surface area contributed by atoms with E-state index >= 15 is 0 Å². The third-order valence-electron chi connectivity index (χ3n) is 1.60. The molecule has 0 aliphatic heterocycles. The van der Waals surface area contributed by atoms with Crippen molar-refractivity contribution < 1.29 is 4.39 Å². The number of unbranched alkanes of at least 4 members (excludes halogenated alkanes) is 1. The Labute approximate surface area is 59.7 Å². The van der Waals surface area contributed by atoms with Crippen molar-refractivity contribution in [3.8, 4) is 0 Å². The van der Waals surface area contributed by atoms with E-state index in [9.17, 15) is 4.39 Å². The fraction of sp³-hybridized carbons (Fsp3) is 0.714. The van der Waals surface area contributed by atoms with Crippen molar-refractivity contribution in [3.63, 3.8) is 0 Å². The molecule has 1 aliphatic carbocycles. The largest absolute Gasteiger partial charge is 0.210 e. The summed E-state index contributed by atoms with van der Waals surface area (Å²) in [4.78, 5) is 0. The molecule has 0 N–H and O–H groups in total. The van der Waals surface area contributed by atoms with Crippen LogP contribution in [0.3, 0.4) is 0 Å². The summed E-state index contributed by atoms with van der Waals surface area (Å²) in [5, 5.41) is 0.462. The molecule has 9 heavy (non-hydrogen) atoms. The predicted molar refractivity (Wildman–Crippen MR) is 37.0 cm³/mol. The zero-order valence-corrected chi connectivity index (χ0v) is 6.21. The quantitative estimate of drug-likeness (QED) is 0.577. The smallest absolute Gasteiger partial charge is 0.124 e. The molecule has 52 valence electrons. The van der Waals surface area contributed by atoms with Crippen LogP contribution in [0.25, 0.3) is 0 Å². The van der Waals surface area contributed by atoms with Crippen LogP contribution in [0.2, 0.25) is 0 Å². The molecule has 0 spiro atoms. The van der Waals surface area contributed by atoms with Gasteiger partial charge >= 0.3 is 0 Å². The average molecular weight is 149 g/mol. The zero-order valence-electron chi connectivity index (χ0n) is 5.45. The second-order valence-electron chi connectivity index (χ2n) is 2.39. The molecule has 0 bridgehead atoms. The van der Waals surface area contributed by atoms with Gasteiger partial charge in [-0.3, -0.25) is 0 Å². The van der Waals surface area contributed by atoms with Crippen LogP contribution < -0.4 is 0 Å². The maximum atomic E-state index is 12.2. The Kier molecular flexibility index (Phi) is 2.12. The van der Waals surface area contributed by atoms with Crippen LogP contribution in [-0.4, -0.2) is 0 Å². The molecule has 0 saturated heterocycles. The van der Waals surface area contributed by atoms with E-state index in [0.29, 0.717) is 5.03 Å². The van der Waals surface area contributed by atoms with Gasteiger partial charge < -0.3 is 0 Å². The third kappa shape index (κ3) is 1.45. The molecule has 0 aromatic carbocycles. The summed E-state index contributed by atoms with van der Waals surface area (Å²) in [5.41, 5.74) is 0. The summed E-state index contributed by atoms with van der Waals surface area (Å²) in [5.74, 6) is -0.0586. The van der Waals surface area contributed by atoms with Gasteiger partial charge in [0.1, 0.15) is 5.83 Å². The van der Waals surface area contributed by atoms with E-state index in [4.69, 9.17) is 11.6 Å². The lowest BCUT2D eigenvalue weighted by Gasteiger charge is -1.91. The van der Waals surface area contributed by atoms with E-state index in [1.165, 1.54) is 0 Å². The van der Waals surface area contributed by atoms with Crippen molar-refractivity contribution in [1.82, 2.24) is 0 Å². The van der Waals surface area contributed by atoms with Gasteiger partial charge in [-0.05, 0) is 6.42 Å². The fourth-order valence-corrected chi connectivity index (χ4v) is 1.16. The second-order valence-corrected chi connectivity index (χ2v) is 2.80. The zero-order chi connectivity index (χ0) is 6.85. The van der Waals surface area contributed by atoms with Crippen LogP contribution in [0.5, 0.6) is 0 Å². The molecule has 0 heterocycles. The van der Waals surface area contributed by atoms with Gasteiger partial charge in [-0.15, -0.1) is 0 Å². The maximum Gasteiger partial charge on any atom is 0.124 e. The number of halogens is 2. The minimum atomic E-state index is -0.0786. The first-order chi connectivity index (χ1) is 4.27. The molecule has 1 aliphatic rings. The monoisotopic (exact) mass is 148 g/mol. The molecule has 2 heteroatoms. The molecule has 0 radical (unpaired) electrons. The Hall–Kier alpha value is -0.0400. The third-order valence-corrected chi connectivity index (χ3v) is 2.05. The molecule has 0 amide bonds. The molecule has 0 saturated carbocycles. The Bertz CT molecular complexity index is 128. The minimum absolute atomic E-state index is 0.0200. The Morgan fingerprint density at radius 3 is 2.56 bits per heavy atom. The highest BCUT2D eigenvalue weighted by Crippen LogP contribution is 2.46. The van der Waals surface area contributed by atoms with Gasteiger partial charge in [0.15, 0.2) is 0 Å². The van der Waals surface area contributed by atoms with Crippen molar-refractivity contribution in [1.29, 1.82) is 0 Å². The van der Waals surface area contributed by atoms with Gasteiger partial charge in [-0.25, -0.2) is 4.39 Å². The summed E-state index contributed by atoms with van der Waals surface area (Å²) >= 11 is 5.44. The van der Waals surface area contributed by atoms with Crippen molar-refractivity contribution >= 4 is 11.6 Å². The topological polar surface area (TPSA) is 0 Å². The Morgan fingerprint density at radius 2 is 2.22 bits per heavy atom.